The van der Waals surface area contributed by atoms with Crippen LogP contribution in [0.4, 0.5) is 10.5 Å². The van der Waals surface area contributed by atoms with Crippen LogP contribution in [0.5, 0.6) is 0 Å². The molecular weight excluding hydrogens is 366 g/mol. The number of hydrogen-bond donors (Lipinski definition) is 1. The Morgan fingerprint density at radius 2 is 1.69 bits per heavy atom. The van der Waals surface area contributed by atoms with Crippen LogP contribution in [0.1, 0.15) is 18.1 Å². The molecule has 2 aromatic carbocycles. The SMILES string of the molecule is CCOC(=O)/C=C\c1ccc(NC(=O)N2CCN(Cc3ccccc3)CC2)cc1. The highest BCUT2D eigenvalue weighted by atomic mass is 16.5. The van der Waals surface area contributed by atoms with Crippen molar-refractivity contribution in [3.05, 3.63) is 71.8 Å². The molecule has 0 aromatic heterocycles. The Morgan fingerprint density at radius 3 is 2.34 bits per heavy atom. The zero-order valence-corrected chi connectivity index (χ0v) is 16.7. The molecule has 1 saturated heterocycles. The molecule has 0 bridgehead atoms. The fraction of sp³-hybridized carbons (Fsp3) is 0.304. The lowest BCUT2D eigenvalue weighted by molar-refractivity contribution is -0.137. The number of esters is 1. The van der Waals surface area contributed by atoms with Gasteiger partial charge >= 0.3 is 12.0 Å². The van der Waals surface area contributed by atoms with Crippen LogP contribution in [0.15, 0.2) is 60.7 Å². The maximum absolute atomic E-state index is 12.5. The van der Waals surface area contributed by atoms with Crippen LogP contribution in [-0.4, -0.2) is 54.6 Å². The molecule has 0 atom stereocenters. The zero-order chi connectivity index (χ0) is 20.5. The monoisotopic (exact) mass is 393 g/mol. The number of carbonyl (C=O) groups is 2. The Hall–Kier alpha value is -3.12. The smallest absolute Gasteiger partial charge is 0.330 e. The molecule has 152 valence electrons. The number of nitrogens with zero attached hydrogens (tertiary/aromatic N) is 2. The van der Waals surface area contributed by atoms with Crippen molar-refractivity contribution in [1.29, 1.82) is 0 Å². The number of carbonyl (C=O) groups excluding carboxylic acids is 2. The Kier molecular flexibility index (Phi) is 7.41. The molecule has 0 radical (unpaired) electrons. The minimum atomic E-state index is -0.365. The van der Waals surface area contributed by atoms with E-state index in [1.165, 1.54) is 11.6 Å². The molecule has 0 spiro atoms. The highest BCUT2D eigenvalue weighted by Gasteiger charge is 2.21. The van der Waals surface area contributed by atoms with Gasteiger partial charge in [-0.3, -0.25) is 4.90 Å². The maximum Gasteiger partial charge on any atom is 0.330 e. The summed E-state index contributed by atoms with van der Waals surface area (Å²) in [5, 5.41) is 2.94. The molecular formula is C23H27N3O3. The lowest BCUT2D eigenvalue weighted by Gasteiger charge is -2.34. The van der Waals surface area contributed by atoms with Gasteiger partial charge in [-0.2, -0.15) is 0 Å². The minimum Gasteiger partial charge on any atom is -0.463 e. The number of anilines is 1. The highest BCUT2D eigenvalue weighted by Crippen LogP contribution is 2.13. The molecule has 0 saturated carbocycles. The van der Waals surface area contributed by atoms with Crippen molar-refractivity contribution < 1.29 is 14.3 Å². The largest absolute Gasteiger partial charge is 0.463 e. The van der Waals surface area contributed by atoms with Crippen LogP contribution in [0.3, 0.4) is 0 Å². The molecule has 2 amide bonds. The quantitative estimate of drug-likeness (QED) is 0.602. The summed E-state index contributed by atoms with van der Waals surface area (Å²) >= 11 is 0. The van der Waals surface area contributed by atoms with Gasteiger partial charge in [0.15, 0.2) is 0 Å². The number of piperazine rings is 1. The average molecular weight is 393 g/mol. The summed E-state index contributed by atoms with van der Waals surface area (Å²) < 4.78 is 4.86. The lowest BCUT2D eigenvalue weighted by Crippen LogP contribution is -2.49. The molecule has 6 heteroatoms. The van der Waals surface area contributed by atoms with Crippen LogP contribution < -0.4 is 5.32 Å². The van der Waals surface area contributed by atoms with E-state index in [0.717, 1.165) is 30.9 Å². The minimum absolute atomic E-state index is 0.0841. The van der Waals surface area contributed by atoms with Crippen molar-refractivity contribution in [1.82, 2.24) is 9.80 Å². The Labute approximate surface area is 171 Å². The molecule has 1 fully saturated rings. The predicted molar refractivity (Wildman–Crippen MR) is 114 cm³/mol. The fourth-order valence-electron chi connectivity index (χ4n) is 3.19. The van der Waals surface area contributed by atoms with Gasteiger partial charge in [0.1, 0.15) is 0 Å². The molecule has 1 aliphatic heterocycles. The van der Waals surface area contributed by atoms with Gasteiger partial charge in [0, 0.05) is 44.5 Å². The second-order valence-electron chi connectivity index (χ2n) is 6.89. The normalized spacial score (nSPS) is 14.7. The van der Waals surface area contributed by atoms with Crippen LogP contribution in [0.2, 0.25) is 0 Å². The van der Waals surface area contributed by atoms with Crippen molar-refractivity contribution >= 4 is 23.8 Å². The van der Waals surface area contributed by atoms with Crippen LogP contribution in [0, 0.1) is 0 Å². The third kappa shape index (κ3) is 6.47. The number of nitrogens with one attached hydrogen (secondary N) is 1. The van der Waals surface area contributed by atoms with Crippen LogP contribution in [0.25, 0.3) is 6.08 Å². The van der Waals surface area contributed by atoms with Crippen molar-refractivity contribution in [2.75, 3.05) is 38.1 Å². The van der Waals surface area contributed by atoms with Crippen molar-refractivity contribution in [2.24, 2.45) is 0 Å². The van der Waals surface area contributed by atoms with E-state index in [9.17, 15) is 9.59 Å². The standard InChI is InChI=1S/C23H27N3O3/c1-2-29-22(27)13-10-19-8-11-21(12-9-19)24-23(28)26-16-14-25(15-17-26)18-20-6-4-3-5-7-20/h3-13H,2,14-18H2,1H3,(H,24,28)/b13-10-. The first-order valence-electron chi connectivity index (χ1n) is 9.91. The zero-order valence-electron chi connectivity index (χ0n) is 16.7. The lowest BCUT2D eigenvalue weighted by atomic mass is 10.2. The van der Waals surface area contributed by atoms with Gasteiger partial charge in [-0.25, -0.2) is 9.59 Å². The number of hydrogen-bond acceptors (Lipinski definition) is 4. The second kappa shape index (κ2) is 10.4. The summed E-state index contributed by atoms with van der Waals surface area (Å²) in [5.74, 6) is -0.365. The number of benzene rings is 2. The van der Waals surface area contributed by atoms with Gasteiger partial charge in [-0.05, 0) is 36.3 Å². The topological polar surface area (TPSA) is 61.9 Å². The predicted octanol–water partition coefficient (Wildman–Crippen LogP) is 3.61. The first-order chi connectivity index (χ1) is 14.1. The number of urea groups is 1. The molecule has 29 heavy (non-hydrogen) atoms. The summed E-state index contributed by atoms with van der Waals surface area (Å²) in [5.41, 5.74) is 2.89. The molecule has 0 unspecified atom stereocenters. The summed E-state index contributed by atoms with van der Waals surface area (Å²) in [6.45, 7) is 6.18. The van der Waals surface area contributed by atoms with Gasteiger partial charge in [0.05, 0.1) is 6.61 Å². The van der Waals surface area contributed by atoms with Crippen LogP contribution in [-0.2, 0) is 16.1 Å². The van der Waals surface area contributed by atoms with E-state index in [-0.39, 0.29) is 12.0 Å². The number of amides is 2. The van der Waals surface area contributed by atoms with E-state index in [4.69, 9.17) is 4.74 Å². The van der Waals surface area contributed by atoms with Crippen molar-refractivity contribution in [3.63, 3.8) is 0 Å². The molecule has 3 rings (SSSR count). The van der Waals surface area contributed by atoms with Gasteiger partial charge in [0.2, 0.25) is 0 Å². The Bertz CT molecular complexity index is 826. The molecule has 1 N–H and O–H groups in total. The molecule has 1 aliphatic rings. The second-order valence-corrected chi connectivity index (χ2v) is 6.89. The number of ether oxygens (including phenoxy) is 1. The molecule has 1 heterocycles. The summed E-state index contributed by atoms with van der Waals surface area (Å²) in [4.78, 5) is 28.1. The van der Waals surface area contributed by atoms with Gasteiger partial charge in [-0.15, -0.1) is 0 Å². The van der Waals surface area contributed by atoms with E-state index >= 15 is 0 Å². The fourth-order valence-corrected chi connectivity index (χ4v) is 3.19. The summed E-state index contributed by atoms with van der Waals surface area (Å²) in [6.07, 6.45) is 3.08. The van der Waals surface area contributed by atoms with Gasteiger partial charge in [0.25, 0.3) is 0 Å². The summed E-state index contributed by atoms with van der Waals surface area (Å²) in [6, 6.07) is 17.7. The first-order valence-corrected chi connectivity index (χ1v) is 9.91. The van der Waals surface area contributed by atoms with E-state index in [1.807, 2.05) is 35.2 Å². The highest BCUT2D eigenvalue weighted by molar-refractivity contribution is 5.90. The van der Waals surface area contributed by atoms with E-state index < -0.39 is 0 Å². The Morgan fingerprint density at radius 1 is 1.00 bits per heavy atom. The molecule has 6 nitrogen and oxygen atoms in total. The van der Waals surface area contributed by atoms with Gasteiger partial charge < -0.3 is 15.0 Å². The third-order valence-electron chi connectivity index (χ3n) is 4.77. The van der Waals surface area contributed by atoms with E-state index in [1.54, 1.807) is 13.0 Å². The van der Waals surface area contributed by atoms with E-state index in [0.29, 0.717) is 19.7 Å². The van der Waals surface area contributed by atoms with Gasteiger partial charge in [-0.1, -0.05) is 42.5 Å². The van der Waals surface area contributed by atoms with Crippen molar-refractivity contribution in [3.8, 4) is 0 Å². The van der Waals surface area contributed by atoms with Crippen LogP contribution >= 0.6 is 0 Å². The average Bonchev–Trinajstić information content (AvgIpc) is 2.75. The molecule has 0 aliphatic carbocycles. The maximum atomic E-state index is 12.5. The van der Waals surface area contributed by atoms with E-state index in [2.05, 4.69) is 34.5 Å². The Balaban J connectivity index is 1.45. The summed E-state index contributed by atoms with van der Waals surface area (Å²) in [7, 11) is 0. The first kappa shape index (κ1) is 20.6. The number of rotatable bonds is 6. The van der Waals surface area contributed by atoms with Crippen molar-refractivity contribution in [2.45, 2.75) is 13.5 Å². The molecule has 2 aromatic rings. The third-order valence-corrected chi connectivity index (χ3v) is 4.77.